The van der Waals surface area contributed by atoms with Crippen molar-refractivity contribution >= 4 is 23.1 Å². The third-order valence-corrected chi connectivity index (χ3v) is 7.10. The van der Waals surface area contributed by atoms with Crippen LogP contribution in [0.3, 0.4) is 0 Å². The molecule has 0 aromatic heterocycles. The van der Waals surface area contributed by atoms with E-state index < -0.39 is 0 Å². The highest BCUT2D eigenvalue weighted by atomic mass is 16.5. The van der Waals surface area contributed by atoms with Crippen molar-refractivity contribution < 1.29 is 14.3 Å². The number of hydrogen-bond donors (Lipinski definition) is 0. The van der Waals surface area contributed by atoms with Crippen molar-refractivity contribution in [2.75, 3.05) is 57.9 Å². The number of nitrogens with zero attached hydrogens (tertiary/aromatic N) is 4. The summed E-state index contributed by atoms with van der Waals surface area (Å²) in [6, 6.07) is 8.34. The standard InChI is InChI=1S/C24H30N4O3/c1-26-8-6-24(7-9-26)17-28(21-5-3-2-4-20(21)24)23(30)15-18-14-19(29)16-22(25-18)27-10-12-31-13-11-27/h2-5,16H,6-15,17H2,1H3. The topological polar surface area (TPSA) is 65.4 Å². The van der Waals surface area contributed by atoms with Gasteiger partial charge in [-0.2, -0.15) is 0 Å². The van der Waals surface area contributed by atoms with Gasteiger partial charge in [-0.25, -0.2) is 4.99 Å². The molecule has 4 aliphatic heterocycles. The highest BCUT2D eigenvalue weighted by Gasteiger charge is 2.45. The van der Waals surface area contributed by atoms with E-state index in [-0.39, 0.29) is 29.9 Å². The Morgan fingerprint density at radius 1 is 1.13 bits per heavy atom. The zero-order chi connectivity index (χ0) is 21.4. The van der Waals surface area contributed by atoms with Crippen LogP contribution >= 0.6 is 0 Å². The van der Waals surface area contributed by atoms with Gasteiger partial charge in [0.2, 0.25) is 5.91 Å². The monoisotopic (exact) mass is 422 g/mol. The third-order valence-electron chi connectivity index (χ3n) is 7.10. The van der Waals surface area contributed by atoms with Gasteiger partial charge in [0.15, 0.2) is 5.78 Å². The number of aliphatic imine (C=N–C) groups is 1. The Morgan fingerprint density at radius 3 is 2.65 bits per heavy atom. The number of amides is 1. The van der Waals surface area contributed by atoms with E-state index in [1.54, 1.807) is 6.08 Å². The predicted molar refractivity (Wildman–Crippen MR) is 119 cm³/mol. The number of anilines is 1. The molecule has 0 N–H and O–H groups in total. The molecule has 4 aliphatic rings. The average Bonchev–Trinajstić information content (AvgIpc) is 3.11. The number of benzene rings is 1. The predicted octanol–water partition coefficient (Wildman–Crippen LogP) is 1.97. The first-order valence-corrected chi connectivity index (χ1v) is 11.3. The molecule has 1 spiro atoms. The van der Waals surface area contributed by atoms with Crippen molar-refractivity contribution in [3.05, 3.63) is 41.7 Å². The first-order chi connectivity index (χ1) is 15.0. The molecule has 0 atom stereocenters. The quantitative estimate of drug-likeness (QED) is 0.745. The highest BCUT2D eigenvalue weighted by Crippen LogP contribution is 2.47. The van der Waals surface area contributed by atoms with Crippen LogP contribution in [-0.2, 0) is 19.7 Å². The largest absolute Gasteiger partial charge is 0.378 e. The molecular weight excluding hydrogens is 392 g/mol. The zero-order valence-electron chi connectivity index (χ0n) is 18.2. The second-order valence-corrected chi connectivity index (χ2v) is 9.18. The Balaban J connectivity index is 1.35. The molecule has 0 saturated carbocycles. The highest BCUT2D eigenvalue weighted by molar-refractivity contribution is 6.16. The molecule has 31 heavy (non-hydrogen) atoms. The van der Waals surface area contributed by atoms with Crippen LogP contribution < -0.4 is 4.90 Å². The normalized spacial score (nSPS) is 23.6. The Morgan fingerprint density at radius 2 is 1.87 bits per heavy atom. The molecule has 0 radical (unpaired) electrons. The van der Waals surface area contributed by atoms with Crippen LogP contribution in [-0.4, -0.2) is 80.2 Å². The van der Waals surface area contributed by atoms with Crippen molar-refractivity contribution in [1.29, 1.82) is 0 Å². The third kappa shape index (κ3) is 3.92. The number of ether oxygens (including phenoxy) is 1. The lowest BCUT2D eigenvalue weighted by Crippen LogP contribution is -2.45. The first-order valence-electron chi connectivity index (χ1n) is 11.3. The maximum atomic E-state index is 13.4. The Bertz CT molecular complexity index is 940. The second kappa shape index (κ2) is 8.20. The fraction of sp³-hybridized carbons (Fsp3) is 0.542. The van der Waals surface area contributed by atoms with Crippen LogP contribution in [0.15, 0.2) is 41.2 Å². The molecule has 0 aliphatic carbocycles. The number of para-hydroxylation sites is 1. The van der Waals surface area contributed by atoms with Gasteiger partial charge in [0.25, 0.3) is 0 Å². The molecule has 0 bridgehead atoms. The van der Waals surface area contributed by atoms with Gasteiger partial charge in [-0.1, -0.05) is 18.2 Å². The number of fused-ring (bicyclic) bond motifs is 2. The van der Waals surface area contributed by atoms with Crippen molar-refractivity contribution in [2.45, 2.75) is 31.1 Å². The molecule has 1 aromatic rings. The number of carbonyl (C=O) groups is 2. The van der Waals surface area contributed by atoms with Crippen LogP contribution in [0.4, 0.5) is 5.69 Å². The summed E-state index contributed by atoms with van der Waals surface area (Å²) in [7, 11) is 2.16. The summed E-state index contributed by atoms with van der Waals surface area (Å²) >= 11 is 0. The molecule has 1 aromatic carbocycles. The Hall–Kier alpha value is -2.51. The number of morpholine rings is 1. The van der Waals surface area contributed by atoms with Crippen LogP contribution in [0.2, 0.25) is 0 Å². The lowest BCUT2D eigenvalue weighted by Gasteiger charge is -2.38. The number of carbonyl (C=O) groups excluding carboxylic acids is 2. The van der Waals surface area contributed by atoms with E-state index in [4.69, 9.17) is 9.73 Å². The molecular formula is C24H30N4O3. The van der Waals surface area contributed by atoms with Crippen molar-refractivity contribution in [2.24, 2.45) is 4.99 Å². The number of ketones is 1. The fourth-order valence-electron chi connectivity index (χ4n) is 5.28. The summed E-state index contributed by atoms with van der Waals surface area (Å²) in [5.74, 6) is 0.738. The lowest BCUT2D eigenvalue weighted by molar-refractivity contribution is -0.117. The summed E-state index contributed by atoms with van der Waals surface area (Å²) in [5.41, 5.74) is 3.04. The number of likely N-dealkylation sites (tertiary alicyclic amines) is 1. The number of allylic oxidation sites excluding steroid dienone is 1. The molecule has 7 heteroatoms. The van der Waals surface area contributed by atoms with E-state index in [2.05, 4.69) is 35.0 Å². The zero-order valence-corrected chi connectivity index (χ0v) is 18.2. The van der Waals surface area contributed by atoms with E-state index >= 15 is 0 Å². The average molecular weight is 423 g/mol. The van der Waals surface area contributed by atoms with Gasteiger partial charge in [0.1, 0.15) is 5.82 Å². The van der Waals surface area contributed by atoms with E-state index in [1.807, 2.05) is 11.0 Å². The Kier molecular flexibility index (Phi) is 5.40. The van der Waals surface area contributed by atoms with Gasteiger partial charge >= 0.3 is 0 Å². The first kappa shape index (κ1) is 20.4. The summed E-state index contributed by atoms with van der Waals surface area (Å²) < 4.78 is 5.40. The molecule has 5 rings (SSSR count). The number of rotatable bonds is 3. The van der Waals surface area contributed by atoms with Crippen LogP contribution in [0.25, 0.3) is 0 Å². The number of piperidine rings is 1. The molecule has 0 unspecified atom stereocenters. The van der Waals surface area contributed by atoms with Crippen LogP contribution in [0.1, 0.15) is 31.2 Å². The van der Waals surface area contributed by atoms with Gasteiger partial charge in [-0.3, -0.25) is 9.59 Å². The van der Waals surface area contributed by atoms with Crippen molar-refractivity contribution in [3.63, 3.8) is 0 Å². The maximum Gasteiger partial charge on any atom is 0.232 e. The summed E-state index contributed by atoms with van der Waals surface area (Å²) in [6.45, 7) is 5.54. The summed E-state index contributed by atoms with van der Waals surface area (Å²) in [6.07, 6.45) is 4.15. The van der Waals surface area contributed by atoms with Crippen molar-refractivity contribution in [1.82, 2.24) is 9.80 Å². The van der Waals surface area contributed by atoms with Crippen LogP contribution in [0, 0.1) is 0 Å². The molecule has 1 amide bonds. The molecule has 4 heterocycles. The SMILES string of the molecule is CN1CCC2(CC1)CN(C(=O)CC1=NC(N3CCOCC3)=CC(=O)C1)c1ccccc12. The molecule has 2 saturated heterocycles. The minimum atomic E-state index is 0.0212. The number of hydrogen-bond acceptors (Lipinski definition) is 6. The van der Waals surface area contributed by atoms with Crippen molar-refractivity contribution in [3.8, 4) is 0 Å². The minimum absolute atomic E-state index is 0.0212. The van der Waals surface area contributed by atoms with Crippen LogP contribution in [0.5, 0.6) is 0 Å². The van der Waals surface area contributed by atoms with E-state index in [9.17, 15) is 9.59 Å². The van der Waals surface area contributed by atoms with Gasteiger partial charge < -0.3 is 19.4 Å². The van der Waals surface area contributed by atoms with Gasteiger partial charge in [-0.05, 0) is 44.6 Å². The van der Waals surface area contributed by atoms with Gasteiger partial charge in [0, 0.05) is 48.9 Å². The van der Waals surface area contributed by atoms with Gasteiger partial charge in [-0.15, -0.1) is 0 Å². The van der Waals surface area contributed by atoms with Gasteiger partial charge in [0.05, 0.1) is 19.6 Å². The lowest BCUT2D eigenvalue weighted by atomic mass is 9.74. The molecule has 164 valence electrons. The molecule has 2 fully saturated rings. The minimum Gasteiger partial charge on any atom is -0.378 e. The summed E-state index contributed by atoms with van der Waals surface area (Å²) in [5, 5.41) is 0. The second-order valence-electron chi connectivity index (χ2n) is 9.18. The van der Waals surface area contributed by atoms with E-state index in [0.29, 0.717) is 24.7 Å². The smallest absolute Gasteiger partial charge is 0.232 e. The Labute approximate surface area is 183 Å². The maximum absolute atomic E-state index is 13.4. The van der Waals surface area contributed by atoms with E-state index in [1.165, 1.54) is 5.56 Å². The summed E-state index contributed by atoms with van der Waals surface area (Å²) in [4.78, 5) is 36.9. The fourth-order valence-corrected chi connectivity index (χ4v) is 5.28. The van der Waals surface area contributed by atoms with E-state index in [0.717, 1.165) is 51.3 Å². The molecule has 7 nitrogen and oxygen atoms in total.